The first-order valence-corrected chi connectivity index (χ1v) is 6.53. The van der Waals surface area contributed by atoms with Gasteiger partial charge in [0.2, 0.25) is 0 Å². The molecule has 1 heterocycles. The highest BCUT2D eigenvalue weighted by Crippen LogP contribution is 2.10. The minimum absolute atomic E-state index is 0.504. The Bertz CT molecular complexity index is 252. The number of nitrogens with one attached hydrogen (secondary N) is 1. The molecule has 0 aliphatic rings. The van der Waals surface area contributed by atoms with Crippen molar-refractivity contribution in [3.05, 3.63) is 22.4 Å². The minimum atomic E-state index is 0.504. The van der Waals surface area contributed by atoms with Crippen LogP contribution in [0.5, 0.6) is 0 Å². The predicted molar refractivity (Wildman–Crippen MR) is 68.2 cm³/mol. The Hall–Kier alpha value is -0.420. The summed E-state index contributed by atoms with van der Waals surface area (Å²) in [6.07, 6.45) is 1.09. The molecule has 0 fully saturated rings. The van der Waals surface area contributed by atoms with Gasteiger partial charge < -0.3 is 14.8 Å². The first kappa shape index (κ1) is 13.6. The van der Waals surface area contributed by atoms with Gasteiger partial charge in [-0.1, -0.05) is 6.07 Å². The molecular weight excluding hydrogens is 222 g/mol. The van der Waals surface area contributed by atoms with Crippen LogP contribution >= 0.6 is 11.3 Å². The lowest BCUT2D eigenvalue weighted by Crippen LogP contribution is -2.31. The average molecular weight is 243 g/mol. The standard InChI is InChI=1S/C12H21NO2S/c1-11(10-12-4-3-9-16-12)13-5-6-15-8-7-14-2/h3-4,9,11,13H,5-8,10H2,1-2H3. The molecule has 1 unspecified atom stereocenters. The molecule has 1 aromatic rings. The van der Waals surface area contributed by atoms with Crippen molar-refractivity contribution in [1.29, 1.82) is 0 Å². The van der Waals surface area contributed by atoms with E-state index in [1.54, 1.807) is 7.11 Å². The lowest BCUT2D eigenvalue weighted by molar-refractivity contribution is 0.0712. The Balaban J connectivity index is 1.96. The normalized spacial score (nSPS) is 12.9. The quantitative estimate of drug-likeness (QED) is 0.672. The zero-order chi connectivity index (χ0) is 11.6. The Kier molecular flexibility index (Phi) is 7.42. The number of thiophene rings is 1. The topological polar surface area (TPSA) is 30.5 Å². The number of methoxy groups -OCH3 is 1. The molecular formula is C12H21NO2S. The summed E-state index contributed by atoms with van der Waals surface area (Å²) in [7, 11) is 1.69. The number of hydrogen-bond acceptors (Lipinski definition) is 4. The van der Waals surface area contributed by atoms with Crippen molar-refractivity contribution < 1.29 is 9.47 Å². The summed E-state index contributed by atoms with van der Waals surface area (Å²) in [6, 6.07) is 4.78. The third-order valence-electron chi connectivity index (χ3n) is 2.26. The van der Waals surface area contributed by atoms with Crippen LogP contribution in [0.3, 0.4) is 0 Å². The molecule has 0 spiro atoms. The van der Waals surface area contributed by atoms with Crippen molar-refractivity contribution in [3.63, 3.8) is 0 Å². The smallest absolute Gasteiger partial charge is 0.0700 e. The largest absolute Gasteiger partial charge is 0.382 e. The van der Waals surface area contributed by atoms with Gasteiger partial charge in [0.15, 0.2) is 0 Å². The van der Waals surface area contributed by atoms with Crippen LogP contribution < -0.4 is 5.32 Å². The van der Waals surface area contributed by atoms with E-state index >= 15 is 0 Å². The molecule has 1 rings (SSSR count). The van der Waals surface area contributed by atoms with Gasteiger partial charge >= 0.3 is 0 Å². The zero-order valence-electron chi connectivity index (χ0n) is 10.1. The molecule has 0 radical (unpaired) electrons. The summed E-state index contributed by atoms with van der Waals surface area (Å²) >= 11 is 1.81. The zero-order valence-corrected chi connectivity index (χ0v) is 10.9. The van der Waals surface area contributed by atoms with E-state index < -0.39 is 0 Å². The van der Waals surface area contributed by atoms with Gasteiger partial charge in [-0.25, -0.2) is 0 Å². The van der Waals surface area contributed by atoms with Crippen molar-refractivity contribution in [1.82, 2.24) is 5.32 Å². The van der Waals surface area contributed by atoms with E-state index in [1.807, 2.05) is 11.3 Å². The molecule has 0 saturated heterocycles. The van der Waals surface area contributed by atoms with Gasteiger partial charge in [-0.15, -0.1) is 11.3 Å². The second kappa shape index (κ2) is 8.70. The SMILES string of the molecule is COCCOCCNC(C)Cc1cccs1. The fraction of sp³-hybridized carbons (Fsp3) is 0.667. The van der Waals surface area contributed by atoms with E-state index in [0.29, 0.717) is 19.3 Å². The van der Waals surface area contributed by atoms with Gasteiger partial charge in [-0.3, -0.25) is 0 Å². The third-order valence-corrected chi connectivity index (χ3v) is 3.16. The molecule has 0 amide bonds. The van der Waals surface area contributed by atoms with Crippen molar-refractivity contribution in [3.8, 4) is 0 Å². The van der Waals surface area contributed by atoms with E-state index in [4.69, 9.17) is 9.47 Å². The van der Waals surface area contributed by atoms with Crippen LogP contribution in [-0.2, 0) is 15.9 Å². The molecule has 1 atom stereocenters. The van der Waals surface area contributed by atoms with E-state index in [-0.39, 0.29) is 0 Å². The van der Waals surface area contributed by atoms with Crippen LogP contribution in [0.1, 0.15) is 11.8 Å². The van der Waals surface area contributed by atoms with Crippen LogP contribution in [0.4, 0.5) is 0 Å². The third kappa shape index (κ3) is 6.23. The Labute approximate surface area is 102 Å². The van der Waals surface area contributed by atoms with E-state index in [2.05, 4.69) is 29.8 Å². The first-order valence-electron chi connectivity index (χ1n) is 5.65. The van der Waals surface area contributed by atoms with Crippen molar-refractivity contribution in [2.24, 2.45) is 0 Å². The van der Waals surface area contributed by atoms with Gasteiger partial charge in [-0.2, -0.15) is 0 Å². The lowest BCUT2D eigenvalue weighted by atomic mass is 10.2. The van der Waals surface area contributed by atoms with Crippen LogP contribution in [0.25, 0.3) is 0 Å². The van der Waals surface area contributed by atoms with Crippen LogP contribution in [0.2, 0.25) is 0 Å². The fourth-order valence-corrected chi connectivity index (χ4v) is 2.26. The number of rotatable bonds is 9. The highest BCUT2D eigenvalue weighted by atomic mass is 32.1. The maximum Gasteiger partial charge on any atom is 0.0700 e. The van der Waals surface area contributed by atoms with Crippen molar-refractivity contribution in [2.45, 2.75) is 19.4 Å². The van der Waals surface area contributed by atoms with Crippen molar-refractivity contribution in [2.75, 3.05) is 33.5 Å². The maximum absolute atomic E-state index is 5.37. The molecule has 0 aliphatic heterocycles. The Morgan fingerprint density at radius 1 is 1.38 bits per heavy atom. The monoisotopic (exact) mass is 243 g/mol. The highest BCUT2D eigenvalue weighted by Gasteiger charge is 2.02. The summed E-state index contributed by atoms with van der Waals surface area (Å²) < 4.78 is 10.3. The van der Waals surface area contributed by atoms with Gasteiger partial charge in [0.25, 0.3) is 0 Å². The molecule has 4 heteroatoms. The predicted octanol–water partition coefficient (Wildman–Crippen LogP) is 1.93. The second-order valence-corrected chi connectivity index (χ2v) is 4.78. The molecule has 0 aliphatic carbocycles. The molecule has 3 nitrogen and oxygen atoms in total. The Morgan fingerprint density at radius 3 is 2.94 bits per heavy atom. The van der Waals surface area contributed by atoms with Gasteiger partial charge in [-0.05, 0) is 24.8 Å². The molecule has 0 bridgehead atoms. The highest BCUT2D eigenvalue weighted by molar-refractivity contribution is 7.09. The molecule has 0 aromatic carbocycles. The fourth-order valence-electron chi connectivity index (χ4n) is 1.42. The summed E-state index contributed by atoms with van der Waals surface area (Å²) in [5, 5.41) is 5.56. The number of hydrogen-bond donors (Lipinski definition) is 1. The first-order chi connectivity index (χ1) is 7.83. The van der Waals surface area contributed by atoms with Gasteiger partial charge in [0.05, 0.1) is 19.8 Å². The molecule has 1 aromatic heterocycles. The number of ether oxygens (including phenoxy) is 2. The van der Waals surface area contributed by atoms with Crippen molar-refractivity contribution >= 4 is 11.3 Å². The summed E-state index contributed by atoms with van der Waals surface area (Å²) in [6.45, 7) is 5.20. The second-order valence-electron chi connectivity index (χ2n) is 3.74. The molecule has 16 heavy (non-hydrogen) atoms. The molecule has 92 valence electrons. The maximum atomic E-state index is 5.37. The Morgan fingerprint density at radius 2 is 2.25 bits per heavy atom. The molecule has 1 N–H and O–H groups in total. The van der Waals surface area contributed by atoms with E-state index in [9.17, 15) is 0 Å². The summed E-state index contributed by atoms with van der Waals surface area (Å²) in [5.74, 6) is 0. The van der Waals surface area contributed by atoms with Crippen LogP contribution in [-0.4, -0.2) is 39.5 Å². The lowest BCUT2D eigenvalue weighted by Gasteiger charge is -2.12. The van der Waals surface area contributed by atoms with E-state index in [0.717, 1.165) is 19.6 Å². The minimum Gasteiger partial charge on any atom is -0.382 e. The molecule has 0 saturated carbocycles. The summed E-state index contributed by atoms with van der Waals surface area (Å²) in [4.78, 5) is 1.43. The van der Waals surface area contributed by atoms with Crippen LogP contribution in [0, 0.1) is 0 Å². The van der Waals surface area contributed by atoms with Crippen LogP contribution in [0.15, 0.2) is 17.5 Å². The average Bonchev–Trinajstić information content (AvgIpc) is 2.76. The van der Waals surface area contributed by atoms with Gasteiger partial charge in [0.1, 0.15) is 0 Å². The summed E-state index contributed by atoms with van der Waals surface area (Å²) in [5.41, 5.74) is 0. The van der Waals surface area contributed by atoms with E-state index in [1.165, 1.54) is 4.88 Å². The van der Waals surface area contributed by atoms with Gasteiger partial charge in [0, 0.05) is 24.6 Å².